The molecule has 0 aromatic heterocycles. The van der Waals surface area contributed by atoms with E-state index < -0.39 is 11.6 Å². The molecule has 1 unspecified atom stereocenters. The number of allylic oxidation sites excluding steroid dienone is 2. The smallest absolute Gasteiger partial charge is 0.167 e. The zero-order valence-corrected chi connectivity index (χ0v) is 19.4. The summed E-state index contributed by atoms with van der Waals surface area (Å²) in [6.07, 6.45) is 9.18. The molecule has 1 aliphatic rings. The van der Waals surface area contributed by atoms with Gasteiger partial charge in [0.1, 0.15) is 0 Å². The van der Waals surface area contributed by atoms with Gasteiger partial charge < -0.3 is 4.74 Å². The number of benzene rings is 2. The first-order chi connectivity index (χ1) is 14.8. The van der Waals surface area contributed by atoms with E-state index in [-0.39, 0.29) is 5.60 Å². The van der Waals surface area contributed by atoms with Gasteiger partial charge in [-0.15, -0.1) is 0 Å². The lowest BCUT2D eigenvalue weighted by atomic mass is 9.84. The third kappa shape index (κ3) is 6.49. The molecule has 0 amide bonds. The summed E-state index contributed by atoms with van der Waals surface area (Å²) in [4.78, 5) is 0. The lowest BCUT2D eigenvalue weighted by Gasteiger charge is -2.22. The minimum atomic E-state index is -0.750. The van der Waals surface area contributed by atoms with E-state index in [1.54, 1.807) is 12.1 Å². The molecule has 0 saturated carbocycles. The summed E-state index contributed by atoms with van der Waals surface area (Å²) < 4.78 is 35.6. The molecule has 3 heteroatoms. The fourth-order valence-corrected chi connectivity index (χ4v) is 4.33. The zero-order chi connectivity index (χ0) is 22.4. The van der Waals surface area contributed by atoms with Crippen molar-refractivity contribution in [2.24, 2.45) is 5.92 Å². The van der Waals surface area contributed by atoms with Crippen molar-refractivity contribution in [3.8, 4) is 11.1 Å². The van der Waals surface area contributed by atoms with E-state index >= 15 is 0 Å². The van der Waals surface area contributed by atoms with Gasteiger partial charge in [0.25, 0.3) is 0 Å². The summed E-state index contributed by atoms with van der Waals surface area (Å²) in [5.74, 6) is -0.791. The molecule has 168 valence electrons. The third-order valence-corrected chi connectivity index (χ3v) is 6.05. The Kier molecular flexibility index (Phi) is 8.05. The van der Waals surface area contributed by atoms with Gasteiger partial charge in [-0.2, -0.15) is 0 Å². The van der Waals surface area contributed by atoms with Crippen LogP contribution in [0.25, 0.3) is 16.7 Å². The number of aryl methyl sites for hydroxylation is 1. The molecule has 0 bridgehead atoms. The number of halogens is 2. The van der Waals surface area contributed by atoms with Crippen LogP contribution in [-0.4, -0.2) is 12.2 Å². The average Bonchev–Trinajstić information content (AvgIpc) is 2.74. The zero-order valence-electron chi connectivity index (χ0n) is 19.4. The van der Waals surface area contributed by atoms with Crippen LogP contribution in [0.2, 0.25) is 0 Å². The van der Waals surface area contributed by atoms with E-state index in [4.69, 9.17) is 4.74 Å². The molecule has 0 heterocycles. The Morgan fingerprint density at radius 2 is 1.65 bits per heavy atom. The Labute approximate surface area is 186 Å². The summed E-state index contributed by atoms with van der Waals surface area (Å²) in [6, 6.07) is 11.2. The second-order valence-corrected chi connectivity index (χ2v) is 9.71. The maximum absolute atomic E-state index is 14.9. The highest BCUT2D eigenvalue weighted by Crippen LogP contribution is 2.36. The average molecular weight is 427 g/mol. The van der Waals surface area contributed by atoms with Crippen LogP contribution in [-0.2, 0) is 11.2 Å². The van der Waals surface area contributed by atoms with Crippen molar-refractivity contribution in [3.63, 3.8) is 0 Å². The maximum Gasteiger partial charge on any atom is 0.167 e. The van der Waals surface area contributed by atoms with Gasteiger partial charge in [0.2, 0.25) is 0 Å². The van der Waals surface area contributed by atoms with Gasteiger partial charge in [0.05, 0.1) is 5.60 Å². The molecule has 0 aliphatic heterocycles. The molecule has 0 radical (unpaired) electrons. The van der Waals surface area contributed by atoms with Crippen molar-refractivity contribution in [2.45, 2.75) is 78.2 Å². The number of ether oxygens (including phenoxy) is 1. The predicted molar refractivity (Wildman–Crippen MR) is 126 cm³/mol. The molecule has 0 fully saturated rings. The van der Waals surface area contributed by atoms with Crippen LogP contribution in [0.1, 0.15) is 77.3 Å². The Morgan fingerprint density at radius 1 is 0.968 bits per heavy atom. The summed E-state index contributed by atoms with van der Waals surface area (Å²) in [5, 5.41) is 0. The van der Waals surface area contributed by atoms with Crippen molar-refractivity contribution in [2.75, 3.05) is 6.61 Å². The lowest BCUT2D eigenvalue weighted by Crippen LogP contribution is -2.19. The van der Waals surface area contributed by atoms with Crippen LogP contribution in [0.15, 0.2) is 42.5 Å². The fraction of sp³-hybridized carbons (Fsp3) is 0.500. The van der Waals surface area contributed by atoms with Crippen molar-refractivity contribution in [1.29, 1.82) is 0 Å². The number of rotatable bonds is 8. The predicted octanol–water partition coefficient (Wildman–Crippen LogP) is 8.36. The van der Waals surface area contributed by atoms with Gasteiger partial charge in [-0.25, -0.2) is 8.78 Å². The van der Waals surface area contributed by atoms with Crippen LogP contribution in [0.4, 0.5) is 8.78 Å². The summed E-state index contributed by atoms with van der Waals surface area (Å²) in [6.45, 7) is 9.06. The SMILES string of the molecule is CCCC1CC=C(c2ccc(-c3ccc(CCCOC(C)(C)C)cc3)c(F)c2F)CC1. The Hall–Kier alpha value is -2.00. The first kappa shape index (κ1) is 23.7. The van der Waals surface area contributed by atoms with Crippen LogP contribution in [0.5, 0.6) is 0 Å². The topological polar surface area (TPSA) is 9.23 Å². The second-order valence-electron chi connectivity index (χ2n) is 9.71. The fourth-order valence-electron chi connectivity index (χ4n) is 4.33. The van der Waals surface area contributed by atoms with E-state index in [1.807, 2.05) is 24.3 Å². The molecular weight excluding hydrogens is 390 g/mol. The molecule has 2 aromatic rings. The molecule has 0 saturated heterocycles. The standard InChI is InChI=1S/C28H36F2O/c1-5-7-20-9-13-22(14-10-20)24-17-18-25(27(30)26(24)29)23-15-11-21(12-16-23)8-6-19-31-28(2,3)4/h11-13,15-18,20H,5-10,14,19H2,1-4H3. The highest BCUT2D eigenvalue weighted by atomic mass is 19.2. The van der Waals surface area contributed by atoms with Gasteiger partial charge in [-0.1, -0.05) is 62.2 Å². The van der Waals surface area contributed by atoms with Crippen LogP contribution in [0, 0.1) is 17.6 Å². The summed E-state index contributed by atoms with van der Waals surface area (Å²) >= 11 is 0. The van der Waals surface area contributed by atoms with E-state index in [2.05, 4.69) is 33.8 Å². The Morgan fingerprint density at radius 3 is 2.26 bits per heavy atom. The van der Waals surface area contributed by atoms with Gasteiger partial charge in [0, 0.05) is 17.7 Å². The van der Waals surface area contributed by atoms with E-state index in [9.17, 15) is 8.78 Å². The monoisotopic (exact) mass is 426 g/mol. The van der Waals surface area contributed by atoms with Gasteiger partial charge >= 0.3 is 0 Å². The lowest BCUT2D eigenvalue weighted by molar-refractivity contribution is -0.00384. The third-order valence-electron chi connectivity index (χ3n) is 6.05. The van der Waals surface area contributed by atoms with E-state index in [1.165, 1.54) is 18.4 Å². The molecule has 0 N–H and O–H groups in total. The Bertz CT molecular complexity index is 890. The van der Waals surface area contributed by atoms with Crippen molar-refractivity contribution < 1.29 is 13.5 Å². The molecular formula is C28H36F2O. The first-order valence-electron chi connectivity index (χ1n) is 11.7. The Balaban J connectivity index is 1.67. The highest BCUT2D eigenvalue weighted by Gasteiger charge is 2.20. The van der Waals surface area contributed by atoms with Crippen LogP contribution in [0.3, 0.4) is 0 Å². The van der Waals surface area contributed by atoms with E-state index in [0.717, 1.165) is 37.7 Å². The summed E-state index contributed by atoms with van der Waals surface area (Å²) in [5.41, 5.74) is 3.45. The molecule has 1 aliphatic carbocycles. The van der Waals surface area contributed by atoms with Gasteiger partial charge in [-0.05, 0) is 75.5 Å². The van der Waals surface area contributed by atoms with Gasteiger partial charge in [-0.3, -0.25) is 0 Å². The number of hydrogen-bond acceptors (Lipinski definition) is 1. The largest absolute Gasteiger partial charge is 0.376 e. The molecule has 0 spiro atoms. The van der Waals surface area contributed by atoms with Crippen molar-refractivity contribution >= 4 is 5.57 Å². The molecule has 31 heavy (non-hydrogen) atoms. The molecule has 3 rings (SSSR count). The summed E-state index contributed by atoms with van der Waals surface area (Å²) in [7, 11) is 0. The quantitative estimate of drug-likeness (QED) is 0.385. The second kappa shape index (κ2) is 10.5. The van der Waals surface area contributed by atoms with Gasteiger partial charge in [0.15, 0.2) is 11.6 Å². The highest BCUT2D eigenvalue weighted by molar-refractivity contribution is 5.72. The van der Waals surface area contributed by atoms with Crippen LogP contribution < -0.4 is 0 Å². The minimum Gasteiger partial charge on any atom is -0.376 e. The molecule has 1 nitrogen and oxygen atoms in total. The minimum absolute atomic E-state index is 0.123. The molecule has 2 aromatic carbocycles. The normalized spacial score (nSPS) is 17.0. The maximum atomic E-state index is 14.9. The van der Waals surface area contributed by atoms with E-state index in [0.29, 0.717) is 29.2 Å². The first-order valence-corrected chi connectivity index (χ1v) is 11.7. The van der Waals surface area contributed by atoms with Crippen LogP contribution >= 0.6 is 0 Å². The number of hydrogen-bond donors (Lipinski definition) is 0. The van der Waals surface area contributed by atoms with Crippen molar-refractivity contribution in [1.82, 2.24) is 0 Å². The van der Waals surface area contributed by atoms with Crippen molar-refractivity contribution in [3.05, 3.63) is 65.2 Å². The molecule has 1 atom stereocenters.